The summed E-state index contributed by atoms with van der Waals surface area (Å²) in [6.07, 6.45) is 0.943. The van der Waals surface area contributed by atoms with Crippen molar-refractivity contribution in [3.63, 3.8) is 0 Å². The highest BCUT2D eigenvalue weighted by Crippen LogP contribution is 2.38. The lowest BCUT2D eigenvalue weighted by Crippen LogP contribution is -2.16. The number of nitrogens with zero attached hydrogens (tertiary/aromatic N) is 1. The Hall–Kier alpha value is -0.710. The zero-order valence-corrected chi connectivity index (χ0v) is 10.6. The molecule has 0 unspecified atom stereocenters. The maximum atomic E-state index is 8.77. The zero-order chi connectivity index (χ0) is 11.6. The van der Waals surface area contributed by atoms with Crippen molar-refractivity contribution >= 4 is 23.2 Å². The molecule has 0 bridgehead atoms. The molecule has 0 radical (unpaired) electrons. The normalized spacial score (nSPS) is 11.2. The van der Waals surface area contributed by atoms with Gasteiger partial charge in [-0.1, -0.05) is 44.0 Å². The topological polar surface area (TPSA) is 23.8 Å². The van der Waals surface area contributed by atoms with Crippen molar-refractivity contribution in [3.8, 4) is 6.07 Å². The highest BCUT2D eigenvalue weighted by Gasteiger charge is 2.24. The van der Waals surface area contributed by atoms with Crippen molar-refractivity contribution in [2.75, 3.05) is 0 Å². The summed E-state index contributed by atoms with van der Waals surface area (Å²) in [4.78, 5) is 0. The van der Waals surface area contributed by atoms with E-state index in [4.69, 9.17) is 28.5 Å². The molecule has 3 heteroatoms. The van der Waals surface area contributed by atoms with Crippen molar-refractivity contribution in [1.29, 1.82) is 5.26 Å². The molecular weight excluding hydrogens is 229 g/mol. The molecule has 0 aliphatic rings. The van der Waals surface area contributed by atoms with Crippen molar-refractivity contribution in [3.05, 3.63) is 33.3 Å². The third kappa shape index (κ3) is 2.45. The number of benzene rings is 1. The molecule has 0 heterocycles. The summed E-state index contributed by atoms with van der Waals surface area (Å²) >= 11 is 12.3. The van der Waals surface area contributed by atoms with Crippen molar-refractivity contribution in [2.24, 2.45) is 0 Å². The highest BCUT2D eigenvalue weighted by atomic mass is 35.5. The van der Waals surface area contributed by atoms with E-state index in [9.17, 15) is 0 Å². The molecule has 0 saturated heterocycles. The van der Waals surface area contributed by atoms with Crippen LogP contribution in [0.5, 0.6) is 0 Å². The summed E-state index contributed by atoms with van der Waals surface area (Å²) in [5, 5.41) is 9.92. The van der Waals surface area contributed by atoms with Crippen LogP contribution in [-0.4, -0.2) is 0 Å². The summed E-state index contributed by atoms with van der Waals surface area (Å²) in [6, 6.07) is 5.37. The van der Waals surface area contributed by atoms with Gasteiger partial charge in [-0.15, -0.1) is 0 Å². The number of hydrogen-bond acceptors (Lipinski definition) is 1. The van der Waals surface area contributed by atoms with Crippen LogP contribution in [0.4, 0.5) is 0 Å². The molecule has 0 atom stereocenters. The molecule has 0 aliphatic carbocycles. The van der Waals surface area contributed by atoms with Gasteiger partial charge in [-0.2, -0.15) is 5.26 Å². The summed E-state index contributed by atoms with van der Waals surface area (Å²) < 4.78 is 0. The first-order valence-corrected chi connectivity index (χ1v) is 5.57. The maximum Gasteiger partial charge on any atom is 0.0992 e. The van der Waals surface area contributed by atoms with Crippen LogP contribution in [-0.2, 0) is 5.41 Å². The molecule has 15 heavy (non-hydrogen) atoms. The third-order valence-electron chi connectivity index (χ3n) is 2.73. The van der Waals surface area contributed by atoms with Crippen LogP contribution in [0.3, 0.4) is 0 Å². The second-order valence-corrected chi connectivity index (χ2v) is 4.98. The summed E-state index contributed by atoms with van der Waals surface area (Å²) in [6.45, 7) is 6.27. The largest absolute Gasteiger partial charge is 0.192 e. The molecule has 1 nitrogen and oxygen atoms in total. The Balaban J connectivity index is 3.39. The molecule has 0 saturated carbocycles. The fraction of sp³-hybridized carbons (Fsp3) is 0.417. The van der Waals surface area contributed by atoms with Gasteiger partial charge in [0.1, 0.15) is 0 Å². The smallest absolute Gasteiger partial charge is 0.0992 e. The Morgan fingerprint density at radius 1 is 1.27 bits per heavy atom. The summed E-state index contributed by atoms with van der Waals surface area (Å²) in [7, 11) is 0. The monoisotopic (exact) mass is 241 g/mol. The van der Waals surface area contributed by atoms with E-state index in [0.29, 0.717) is 15.6 Å². The number of nitriles is 1. The highest BCUT2D eigenvalue weighted by molar-refractivity contribution is 6.36. The van der Waals surface area contributed by atoms with Gasteiger partial charge in [0.15, 0.2) is 0 Å². The fourth-order valence-corrected chi connectivity index (χ4v) is 2.46. The van der Waals surface area contributed by atoms with E-state index in [0.717, 1.165) is 12.0 Å². The molecular formula is C12H13Cl2N. The quantitative estimate of drug-likeness (QED) is 0.746. The van der Waals surface area contributed by atoms with Crippen LogP contribution in [0, 0.1) is 11.3 Å². The van der Waals surface area contributed by atoms with Gasteiger partial charge in [-0.05, 0) is 29.5 Å². The average molecular weight is 242 g/mol. The molecule has 1 aromatic rings. The van der Waals surface area contributed by atoms with Crippen molar-refractivity contribution in [1.82, 2.24) is 0 Å². The number of rotatable bonds is 2. The molecule has 1 rings (SSSR count). The molecule has 0 spiro atoms. The second kappa shape index (κ2) is 4.43. The summed E-state index contributed by atoms with van der Waals surface area (Å²) in [5.74, 6) is 0. The second-order valence-electron chi connectivity index (χ2n) is 4.16. The Morgan fingerprint density at radius 3 is 2.07 bits per heavy atom. The minimum Gasteiger partial charge on any atom is -0.192 e. The molecule has 0 N–H and O–H groups in total. The van der Waals surface area contributed by atoms with Gasteiger partial charge >= 0.3 is 0 Å². The molecule has 0 amide bonds. The fourth-order valence-electron chi connectivity index (χ4n) is 1.46. The Labute approximate surface area is 101 Å². The lowest BCUT2D eigenvalue weighted by Gasteiger charge is -2.25. The van der Waals surface area contributed by atoms with Crippen LogP contribution in [0.25, 0.3) is 0 Å². The van der Waals surface area contributed by atoms with E-state index in [1.54, 1.807) is 12.1 Å². The van der Waals surface area contributed by atoms with E-state index < -0.39 is 0 Å². The van der Waals surface area contributed by atoms with Crippen LogP contribution in [0.2, 0.25) is 10.0 Å². The third-order valence-corrected chi connectivity index (χ3v) is 3.33. The number of hydrogen-bond donors (Lipinski definition) is 0. The molecule has 1 aromatic carbocycles. The summed E-state index contributed by atoms with van der Waals surface area (Å²) in [5.41, 5.74) is 1.36. The van der Waals surface area contributed by atoms with Crippen LogP contribution >= 0.6 is 23.2 Å². The van der Waals surface area contributed by atoms with Gasteiger partial charge in [0.2, 0.25) is 0 Å². The first-order valence-electron chi connectivity index (χ1n) is 4.82. The van der Waals surface area contributed by atoms with E-state index in [1.807, 2.05) is 6.07 Å². The number of halogens is 2. The van der Waals surface area contributed by atoms with Crippen LogP contribution in [0.1, 0.15) is 38.3 Å². The lowest BCUT2D eigenvalue weighted by molar-refractivity contribution is 0.506. The van der Waals surface area contributed by atoms with Gasteiger partial charge < -0.3 is 0 Å². The first-order chi connectivity index (χ1) is 6.92. The van der Waals surface area contributed by atoms with Crippen LogP contribution < -0.4 is 0 Å². The van der Waals surface area contributed by atoms with Gasteiger partial charge in [0, 0.05) is 10.0 Å². The molecule has 0 aliphatic heterocycles. The Morgan fingerprint density at radius 2 is 1.73 bits per heavy atom. The van der Waals surface area contributed by atoms with E-state index >= 15 is 0 Å². The van der Waals surface area contributed by atoms with Gasteiger partial charge in [-0.3, -0.25) is 0 Å². The maximum absolute atomic E-state index is 8.77. The van der Waals surface area contributed by atoms with Crippen molar-refractivity contribution < 1.29 is 0 Å². The lowest BCUT2D eigenvalue weighted by atomic mass is 9.82. The van der Waals surface area contributed by atoms with Gasteiger partial charge in [-0.25, -0.2) is 0 Å². The van der Waals surface area contributed by atoms with Crippen LogP contribution in [0.15, 0.2) is 12.1 Å². The van der Waals surface area contributed by atoms with Gasteiger partial charge in [0.25, 0.3) is 0 Å². The Bertz CT molecular complexity index is 393. The minimum absolute atomic E-state index is 0.0673. The molecule has 80 valence electrons. The Kier molecular flexibility index (Phi) is 3.65. The SMILES string of the molecule is CCC(C)(C)c1c(Cl)cc(C#N)cc1Cl. The average Bonchev–Trinajstić information content (AvgIpc) is 2.16. The predicted molar refractivity (Wildman–Crippen MR) is 64.5 cm³/mol. The van der Waals surface area contributed by atoms with E-state index in [1.165, 1.54) is 0 Å². The molecule has 0 aromatic heterocycles. The standard InChI is InChI=1S/C12H13Cl2N/c1-4-12(2,3)11-9(13)5-8(7-15)6-10(11)14/h5-6H,4H2,1-3H3. The first kappa shape index (κ1) is 12.4. The predicted octanol–water partition coefficient (Wildman–Crippen LogP) is 4.55. The van der Waals surface area contributed by atoms with E-state index in [-0.39, 0.29) is 5.41 Å². The zero-order valence-electron chi connectivity index (χ0n) is 9.06. The van der Waals surface area contributed by atoms with Gasteiger partial charge in [0.05, 0.1) is 11.6 Å². The van der Waals surface area contributed by atoms with E-state index in [2.05, 4.69) is 20.8 Å². The minimum atomic E-state index is -0.0673. The van der Waals surface area contributed by atoms with Crippen molar-refractivity contribution in [2.45, 2.75) is 32.6 Å². The molecule has 0 fully saturated rings.